The Labute approximate surface area is 143 Å². The lowest BCUT2D eigenvalue weighted by atomic mass is 10.2. The number of hydrogen-bond acceptors (Lipinski definition) is 3. The number of anilines is 1. The summed E-state index contributed by atoms with van der Waals surface area (Å²) in [5, 5.41) is 2.74. The first-order chi connectivity index (χ1) is 11.0. The summed E-state index contributed by atoms with van der Waals surface area (Å²) in [5.74, 6) is 0.153. The van der Waals surface area contributed by atoms with Crippen LogP contribution >= 0.6 is 15.9 Å². The minimum Gasteiger partial charge on any atom is -0.497 e. The standard InChI is InChI=1S/C17H17BrN2O3/c1-20(17(22)14-8-3-4-9-15(14)18)11-16(21)19-12-6-5-7-13(10-12)23-2/h3-10H,11H2,1-2H3,(H,19,21). The summed E-state index contributed by atoms with van der Waals surface area (Å²) >= 11 is 3.34. The number of ether oxygens (including phenoxy) is 1. The Kier molecular flexibility index (Phi) is 5.76. The highest BCUT2D eigenvalue weighted by molar-refractivity contribution is 9.10. The van der Waals surface area contributed by atoms with Crippen molar-refractivity contribution in [3.8, 4) is 5.75 Å². The lowest BCUT2D eigenvalue weighted by Gasteiger charge is -2.17. The molecule has 1 N–H and O–H groups in total. The number of carbonyl (C=O) groups excluding carboxylic acids is 2. The molecule has 0 radical (unpaired) electrons. The van der Waals surface area contributed by atoms with Gasteiger partial charge in [0.05, 0.1) is 19.2 Å². The molecule has 2 aromatic carbocycles. The lowest BCUT2D eigenvalue weighted by Crippen LogP contribution is -2.35. The second kappa shape index (κ2) is 7.78. The van der Waals surface area contributed by atoms with E-state index in [1.54, 1.807) is 56.6 Å². The van der Waals surface area contributed by atoms with Crippen LogP contribution in [0.15, 0.2) is 53.0 Å². The van der Waals surface area contributed by atoms with Crippen LogP contribution in [-0.2, 0) is 4.79 Å². The Morgan fingerprint density at radius 1 is 1.17 bits per heavy atom. The Balaban J connectivity index is 1.99. The van der Waals surface area contributed by atoms with Gasteiger partial charge in [0.1, 0.15) is 5.75 Å². The van der Waals surface area contributed by atoms with Crippen LogP contribution in [0.5, 0.6) is 5.75 Å². The molecule has 0 atom stereocenters. The molecule has 2 aromatic rings. The Morgan fingerprint density at radius 3 is 2.61 bits per heavy atom. The predicted octanol–water partition coefficient (Wildman–Crippen LogP) is 3.17. The minimum absolute atomic E-state index is 0.0443. The van der Waals surface area contributed by atoms with Crippen molar-refractivity contribution in [3.05, 3.63) is 58.6 Å². The summed E-state index contributed by atoms with van der Waals surface area (Å²) in [6.45, 7) is -0.0443. The van der Waals surface area contributed by atoms with Crippen molar-refractivity contribution in [3.63, 3.8) is 0 Å². The Hall–Kier alpha value is -2.34. The lowest BCUT2D eigenvalue weighted by molar-refractivity contribution is -0.116. The molecule has 0 spiro atoms. The van der Waals surface area contributed by atoms with Crippen LogP contribution in [-0.4, -0.2) is 37.4 Å². The summed E-state index contributed by atoms with van der Waals surface area (Å²) in [6.07, 6.45) is 0. The monoisotopic (exact) mass is 376 g/mol. The number of nitrogens with one attached hydrogen (secondary N) is 1. The van der Waals surface area contributed by atoms with E-state index < -0.39 is 0 Å². The van der Waals surface area contributed by atoms with E-state index in [1.165, 1.54) is 4.90 Å². The number of rotatable bonds is 5. The van der Waals surface area contributed by atoms with Gasteiger partial charge >= 0.3 is 0 Å². The molecule has 2 rings (SSSR count). The van der Waals surface area contributed by atoms with Crippen LogP contribution in [0.1, 0.15) is 10.4 Å². The average Bonchev–Trinajstić information content (AvgIpc) is 2.54. The second-order valence-corrected chi connectivity index (χ2v) is 5.78. The fourth-order valence-corrected chi connectivity index (χ4v) is 2.48. The molecule has 0 aliphatic rings. The Bertz CT molecular complexity index is 718. The number of hydrogen-bond donors (Lipinski definition) is 1. The fourth-order valence-electron chi connectivity index (χ4n) is 2.03. The summed E-state index contributed by atoms with van der Waals surface area (Å²) < 4.78 is 5.80. The third kappa shape index (κ3) is 4.56. The van der Waals surface area contributed by atoms with Gasteiger partial charge in [-0.3, -0.25) is 9.59 Å². The first-order valence-electron chi connectivity index (χ1n) is 6.95. The van der Waals surface area contributed by atoms with Crippen LogP contribution in [0, 0.1) is 0 Å². The predicted molar refractivity (Wildman–Crippen MR) is 92.7 cm³/mol. The molecule has 120 valence electrons. The molecule has 0 heterocycles. The van der Waals surface area contributed by atoms with Gasteiger partial charge in [-0.15, -0.1) is 0 Å². The van der Waals surface area contributed by atoms with E-state index in [9.17, 15) is 9.59 Å². The largest absolute Gasteiger partial charge is 0.497 e. The second-order valence-electron chi connectivity index (χ2n) is 4.92. The molecule has 0 fully saturated rings. The maximum Gasteiger partial charge on any atom is 0.255 e. The maximum absolute atomic E-state index is 12.3. The van der Waals surface area contributed by atoms with Gasteiger partial charge in [-0.2, -0.15) is 0 Å². The third-order valence-corrected chi connectivity index (χ3v) is 3.88. The van der Waals surface area contributed by atoms with Gasteiger partial charge in [-0.1, -0.05) is 18.2 Å². The van der Waals surface area contributed by atoms with E-state index in [0.29, 0.717) is 21.5 Å². The van der Waals surface area contributed by atoms with E-state index in [2.05, 4.69) is 21.2 Å². The first-order valence-corrected chi connectivity index (χ1v) is 7.74. The number of halogens is 1. The summed E-state index contributed by atoms with van der Waals surface area (Å²) in [5.41, 5.74) is 1.14. The number of likely N-dealkylation sites (N-methyl/N-ethyl adjacent to an activating group) is 1. The van der Waals surface area contributed by atoms with Gasteiger partial charge in [0.25, 0.3) is 5.91 Å². The van der Waals surface area contributed by atoms with Crippen molar-refractivity contribution in [2.45, 2.75) is 0 Å². The SMILES string of the molecule is COc1cccc(NC(=O)CN(C)C(=O)c2ccccc2Br)c1. The van der Waals surface area contributed by atoms with Crippen molar-refractivity contribution in [1.82, 2.24) is 4.90 Å². The maximum atomic E-state index is 12.3. The van der Waals surface area contributed by atoms with Gasteiger partial charge in [-0.05, 0) is 40.2 Å². The van der Waals surface area contributed by atoms with Crippen LogP contribution in [0.25, 0.3) is 0 Å². The van der Waals surface area contributed by atoms with Crippen LogP contribution in [0.4, 0.5) is 5.69 Å². The molecule has 23 heavy (non-hydrogen) atoms. The topological polar surface area (TPSA) is 58.6 Å². The molecule has 5 nitrogen and oxygen atoms in total. The molecule has 0 saturated carbocycles. The van der Waals surface area contributed by atoms with Crippen LogP contribution < -0.4 is 10.1 Å². The normalized spacial score (nSPS) is 10.0. The zero-order valence-corrected chi connectivity index (χ0v) is 14.5. The highest BCUT2D eigenvalue weighted by Gasteiger charge is 2.17. The van der Waals surface area contributed by atoms with Gasteiger partial charge in [0.15, 0.2) is 0 Å². The number of benzene rings is 2. The van der Waals surface area contributed by atoms with E-state index in [-0.39, 0.29) is 18.4 Å². The highest BCUT2D eigenvalue weighted by atomic mass is 79.9. The van der Waals surface area contributed by atoms with E-state index in [4.69, 9.17) is 4.74 Å². The minimum atomic E-state index is -0.277. The molecular formula is C17H17BrN2O3. The summed E-state index contributed by atoms with van der Waals surface area (Å²) in [4.78, 5) is 25.8. The van der Waals surface area contributed by atoms with Gasteiger partial charge < -0.3 is 15.0 Å². The van der Waals surface area contributed by atoms with Crippen molar-refractivity contribution >= 4 is 33.4 Å². The van der Waals surface area contributed by atoms with Gasteiger partial charge in [0.2, 0.25) is 5.91 Å². The third-order valence-electron chi connectivity index (χ3n) is 3.19. The first kappa shape index (κ1) is 17.0. The Morgan fingerprint density at radius 2 is 1.91 bits per heavy atom. The number of methoxy groups -OCH3 is 1. The van der Waals surface area contributed by atoms with E-state index in [0.717, 1.165) is 0 Å². The summed E-state index contributed by atoms with van der Waals surface area (Å²) in [6, 6.07) is 14.2. The van der Waals surface area contributed by atoms with Crippen molar-refractivity contribution in [2.75, 3.05) is 26.0 Å². The zero-order chi connectivity index (χ0) is 16.8. The highest BCUT2D eigenvalue weighted by Crippen LogP contribution is 2.18. The molecule has 0 aromatic heterocycles. The number of amides is 2. The van der Waals surface area contributed by atoms with E-state index >= 15 is 0 Å². The fraction of sp³-hybridized carbons (Fsp3) is 0.176. The van der Waals surface area contributed by atoms with Gasteiger partial charge in [0, 0.05) is 23.3 Å². The molecule has 0 aliphatic heterocycles. The van der Waals surface area contributed by atoms with Crippen molar-refractivity contribution in [1.29, 1.82) is 0 Å². The molecule has 0 unspecified atom stereocenters. The zero-order valence-electron chi connectivity index (χ0n) is 12.9. The molecule has 6 heteroatoms. The van der Waals surface area contributed by atoms with E-state index in [1.807, 2.05) is 6.07 Å². The molecule has 2 amide bonds. The van der Waals surface area contributed by atoms with Crippen molar-refractivity contribution < 1.29 is 14.3 Å². The number of carbonyl (C=O) groups is 2. The quantitative estimate of drug-likeness (QED) is 0.871. The average molecular weight is 377 g/mol. The van der Waals surface area contributed by atoms with Gasteiger partial charge in [-0.25, -0.2) is 0 Å². The smallest absolute Gasteiger partial charge is 0.255 e. The molecule has 0 aliphatic carbocycles. The van der Waals surface area contributed by atoms with Crippen LogP contribution in [0.3, 0.4) is 0 Å². The summed E-state index contributed by atoms with van der Waals surface area (Å²) in [7, 11) is 3.15. The molecule has 0 bridgehead atoms. The molecular weight excluding hydrogens is 360 g/mol. The molecule has 0 saturated heterocycles. The van der Waals surface area contributed by atoms with Crippen molar-refractivity contribution in [2.24, 2.45) is 0 Å². The number of nitrogens with zero attached hydrogens (tertiary/aromatic N) is 1. The van der Waals surface area contributed by atoms with Crippen LogP contribution in [0.2, 0.25) is 0 Å².